The zero-order valence-corrected chi connectivity index (χ0v) is 15.2. The van der Waals surface area contributed by atoms with E-state index >= 15 is 0 Å². The second-order valence-corrected chi connectivity index (χ2v) is 6.99. The molecule has 0 radical (unpaired) electrons. The van der Waals surface area contributed by atoms with Gasteiger partial charge in [0.15, 0.2) is 0 Å². The zero-order chi connectivity index (χ0) is 18.5. The summed E-state index contributed by atoms with van der Waals surface area (Å²) >= 11 is 0. The van der Waals surface area contributed by atoms with E-state index in [9.17, 15) is 14.4 Å². The Morgan fingerprint density at radius 3 is 2.69 bits per heavy atom. The molecule has 2 aliphatic heterocycles. The van der Waals surface area contributed by atoms with Crippen molar-refractivity contribution in [3.63, 3.8) is 0 Å². The predicted molar refractivity (Wildman–Crippen MR) is 97.4 cm³/mol. The van der Waals surface area contributed by atoms with Crippen molar-refractivity contribution >= 4 is 23.5 Å². The van der Waals surface area contributed by atoms with Crippen LogP contribution in [0.3, 0.4) is 0 Å². The van der Waals surface area contributed by atoms with Crippen LogP contribution in [-0.4, -0.2) is 42.4 Å². The molecule has 0 aromatic heterocycles. The SMILES string of the molecule is CCOC(=O)C1CCN(C(=O)CCC2Cc3ccccc3NC2=O)CC1. The van der Waals surface area contributed by atoms with E-state index in [0.717, 1.165) is 11.3 Å². The number of para-hydroxylation sites is 1. The Kier molecular flexibility index (Phi) is 5.91. The first-order valence-corrected chi connectivity index (χ1v) is 9.41. The number of nitrogens with one attached hydrogen (secondary N) is 1. The third kappa shape index (κ3) is 4.23. The maximum Gasteiger partial charge on any atom is 0.309 e. The Hall–Kier alpha value is -2.37. The fourth-order valence-corrected chi connectivity index (χ4v) is 3.73. The van der Waals surface area contributed by atoms with Gasteiger partial charge in [0.1, 0.15) is 0 Å². The van der Waals surface area contributed by atoms with Gasteiger partial charge in [0.05, 0.1) is 12.5 Å². The van der Waals surface area contributed by atoms with Crippen LogP contribution in [-0.2, 0) is 25.5 Å². The average molecular weight is 358 g/mol. The normalized spacial score (nSPS) is 20.3. The number of hydrogen-bond donors (Lipinski definition) is 1. The molecule has 0 bridgehead atoms. The van der Waals surface area contributed by atoms with E-state index in [4.69, 9.17) is 4.74 Å². The molecule has 140 valence electrons. The van der Waals surface area contributed by atoms with Crippen molar-refractivity contribution in [2.24, 2.45) is 11.8 Å². The standard InChI is InChI=1S/C20H26N2O4/c1-2-26-20(25)14-9-11-22(12-10-14)18(23)8-7-16-13-15-5-3-4-6-17(15)21-19(16)24/h3-6,14,16H,2,7-13H2,1H3,(H,21,24). The molecule has 1 aromatic carbocycles. The van der Waals surface area contributed by atoms with E-state index in [0.29, 0.717) is 51.8 Å². The van der Waals surface area contributed by atoms with E-state index in [2.05, 4.69) is 5.32 Å². The summed E-state index contributed by atoms with van der Waals surface area (Å²) in [6.45, 7) is 3.37. The number of nitrogens with zero attached hydrogens (tertiary/aromatic N) is 1. The Labute approximate surface area is 153 Å². The highest BCUT2D eigenvalue weighted by Gasteiger charge is 2.30. The Balaban J connectivity index is 1.46. The molecule has 1 N–H and O–H groups in total. The van der Waals surface area contributed by atoms with Crippen LogP contribution in [0.1, 0.15) is 38.2 Å². The van der Waals surface area contributed by atoms with Gasteiger partial charge in [-0.15, -0.1) is 0 Å². The van der Waals surface area contributed by atoms with Gasteiger partial charge in [-0.1, -0.05) is 18.2 Å². The predicted octanol–water partition coefficient (Wildman–Crippen LogP) is 2.38. The highest BCUT2D eigenvalue weighted by Crippen LogP contribution is 2.28. The van der Waals surface area contributed by atoms with Crippen LogP contribution in [0, 0.1) is 11.8 Å². The van der Waals surface area contributed by atoms with Crippen LogP contribution < -0.4 is 5.32 Å². The number of carbonyl (C=O) groups is 3. The van der Waals surface area contributed by atoms with E-state index in [1.165, 1.54) is 0 Å². The van der Waals surface area contributed by atoms with Gasteiger partial charge in [-0.2, -0.15) is 0 Å². The van der Waals surface area contributed by atoms with Crippen LogP contribution in [0.4, 0.5) is 5.69 Å². The first kappa shape index (κ1) is 18.4. The smallest absolute Gasteiger partial charge is 0.309 e. The van der Waals surface area contributed by atoms with Crippen molar-refractivity contribution in [1.29, 1.82) is 0 Å². The number of piperidine rings is 1. The number of amides is 2. The molecular formula is C20H26N2O4. The molecule has 1 fully saturated rings. The lowest BCUT2D eigenvalue weighted by Gasteiger charge is -2.31. The molecule has 1 saturated heterocycles. The summed E-state index contributed by atoms with van der Waals surface area (Å²) in [5.74, 6) is -0.348. The molecular weight excluding hydrogens is 332 g/mol. The maximum atomic E-state index is 12.5. The molecule has 0 spiro atoms. The third-order valence-corrected chi connectivity index (χ3v) is 5.29. The molecule has 0 saturated carbocycles. The monoisotopic (exact) mass is 358 g/mol. The summed E-state index contributed by atoms with van der Waals surface area (Å²) in [7, 11) is 0. The molecule has 6 nitrogen and oxygen atoms in total. The zero-order valence-electron chi connectivity index (χ0n) is 15.2. The van der Waals surface area contributed by atoms with Crippen molar-refractivity contribution < 1.29 is 19.1 Å². The first-order chi connectivity index (χ1) is 12.6. The van der Waals surface area contributed by atoms with E-state index in [1.54, 1.807) is 6.92 Å². The van der Waals surface area contributed by atoms with Crippen molar-refractivity contribution in [2.75, 3.05) is 25.0 Å². The van der Waals surface area contributed by atoms with Gasteiger partial charge in [0, 0.05) is 31.1 Å². The van der Waals surface area contributed by atoms with Crippen molar-refractivity contribution in [3.05, 3.63) is 29.8 Å². The minimum absolute atomic E-state index is 0.00230. The van der Waals surface area contributed by atoms with Gasteiger partial charge in [-0.25, -0.2) is 0 Å². The van der Waals surface area contributed by atoms with Gasteiger partial charge in [0.2, 0.25) is 11.8 Å². The summed E-state index contributed by atoms with van der Waals surface area (Å²) in [6, 6.07) is 7.79. The van der Waals surface area contributed by atoms with Crippen molar-refractivity contribution in [2.45, 2.75) is 39.0 Å². The van der Waals surface area contributed by atoms with Gasteiger partial charge in [-0.05, 0) is 44.2 Å². The first-order valence-electron chi connectivity index (χ1n) is 9.41. The number of esters is 1. The molecule has 2 heterocycles. The van der Waals surface area contributed by atoms with Crippen LogP contribution in [0.25, 0.3) is 0 Å². The second kappa shape index (κ2) is 8.34. The lowest BCUT2D eigenvalue weighted by molar-refractivity contribution is -0.151. The fraction of sp³-hybridized carbons (Fsp3) is 0.550. The topological polar surface area (TPSA) is 75.7 Å². The minimum atomic E-state index is -0.161. The van der Waals surface area contributed by atoms with Crippen LogP contribution >= 0.6 is 0 Å². The summed E-state index contributed by atoms with van der Waals surface area (Å²) in [4.78, 5) is 38.3. The van der Waals surface area contributed by atoms with Crippen LogP contribution in [0.5, 0.6) is 0 Å². The highest BCUT2D eigenvalue weighted by molar-refractivity contribution is 5.96. The number of anilines is 1. The summed E-state index contributed by atoms with van der Waals surface area (Å²) in [5, 5.41) is 2.93. The largest absolute Gasteiger partial charge is 0.466 e. The van der Waals surface area contributed by atoms with Gasteiger partial charge < -0.3 is 15.0 Å². The quantitative estimate of drug-likeness (QED) is 0.820. The molecule has 1 aromatic rings. The lowest BCUT2D eigenvalue weighted by Crippen LogP contribution is -2.41. The molecule has 1 unspecified atom stereocenters. The van der Waals surface area contributed by atoms with E-state index < -0.39 is 0 Å². The van der Waals surface area contributed by atoms with Crippen molar-refractivity contribution in [1.82, 2.24) is 4.90 Å². The van der Waals surface area contributed by atoms with Crippen LogP contribution in [0.15, 0.2) is 24.3 Å². The molecule has 6 heteroatoms. The highest BCUT2D eigenvalue weighted by atomic mass is 16.5. The lowest BCUT2D eigenvalue weighted by atomic mass is 9.89. The number of likely N-dealkylation sites (tertiary alicyclic amines) is 1. The van der Waals surface area contributed by atoms with Gasteiger partial charge in [-0.3, -0.25) is 14.4 Å². The number of hydrogen-bond acceptors (Lipinski definition) is 4. The molecule has 2 aliphatic rings. The number of fused-ring (bicyclic) bond motifs is 1. The Bertz CT molecular complexity index is 680. The summed E-state index contributed by atoms with van der Waals surface area (Å²) < 4.78 is 5.06. The number of benzene rings is 1. The molecule has 26 heavy (non-hydrogen) atoms. The average Bonchev–Trinajstić information content (AvgIpc) is 2.66. The number of ether oxygens (including phenoxy) is 1. The number of rotatable bonds is 5. The summed E-state index contributed by atoms with van der Waals surface area (Å²) in [6.07, 6.45) is 2.91. The Morgan fingerprint density at radius 2 is 1.96 bits per heavy atom. The number of carbonyl (C=O) groups excluding carboxylic acids is 3. The van der Waals surface area contributed by atoms with E-state index in [1.807, 2.05) is 29.2 Å². The minimum Gasteiger partial charge on any atom is -0.466 e. The van der Waals surface area contributed by atoms with Gasteiger partial charge in [0.25, 0.3) is 0 Å². The summed E-state index contributed by atoms with van der Waals surface area (Å²) in [5.41, 5.74) is 2.00. The molecule has 2 amide bonds. The molecule has 3 rings (SSSR count). The second-order valence-electron chi connectivity index (χ2n) is 6.99. The third-order valence-electron chi connectivity index (χ3n) is 5.29. The maximum absolute atomic E-state index is 12.5. The molecule has 1 atom stereocenters. The van der Waals surface area contributed by atoms with E-state index in [-0.39, 0.29) is 29.6 Å². The van der Waals surface area contributed by atoms with Gasteiger partial charge >= 0.3 is 5.97 Å². The van der Waals surface area contributed by atoms with Crippen molar-refractivity contribution in [3.8, 4) is 0 Å². The van der Waals surface area contributed by atoms with Crippen LogP contribution in [0.2, 0.25) is 0 Å². The Morgan fingerprint density at radius 1 is 1.23 bits per heavy atom. The molecule has 0 aliphatic carbocycles. The fourth-order valence-electron chi connectivity index (χ4n) is 3.73.